The number of halogens is 1. The monoisotopic (exact) mass is 398 g/mol. The molecule has 1 aromatic carbocycles. The highest BCUT2D eigenvalue weighted by molar-refractivity contribution is 9.10. The molecule has 0 aliphatic carbocycles. The van der Waals surface area contributed by atoms with Gasteiger partial charge in [0.1, 0.15) is 10.6 Å². The minimum atomic E-state index is -3.71. The normalized spacial score (nSPS) is 11.9. The summed E-state index contributed by atoms with van der Waals surface area (Å²) >= 11 is 3.32. The molecule has 0 bridgehead atoms. The van der Waals surface area contributed by atoms with Gasteiger partial charge in [-0.3, -0.25) is 4.98 Å². The number of rotatable bonds is 6. The summed E-state index contributed by atoms with van der Waals surface area (Å²) in [6, 6.07) is 8.39. The van der Waals surface area contributed by atoms with E-state index in [0.29, 0.717) is 10.2 Å². The van der Waals surface area contributed by atoms with E-state index in [1.54, 1.807) is 36.7 Å². The van der Waals surface area contributed by atoms with Gasteiger partial charge in [0, 0.05) is 29.5 Å². The third kappa shape index (κ3) is 4.10. The zero-order valence-corrected chi connectivity index (χ0v) is 15.6. The van der Waals surface area contributed by atoms with Gasteiger partial charge in [0.05, 0.1) is 7.11 Å². The minimum Gasteiger partial charge on any atom is -0.495 e. The van der Waals surface area contributed by atoms with E-state index in [4.69, 9.17) is 4.74 Å². The van der Waals surface area contributed by atoms with Crippen molar-refractivity contribution in [3.63, 3.8) is 0 Å². The first-order valence-electron chi connectivity index (χ1n) is 7.10. The number of benzene rings is 1. The molecule has 0 saturated heterocycles. The van der Waals surface area contributed by atoms with Crippen LogP contribution in [0.2, 0.25) is 0 Å². The van der Waals surface area contributed by atoms with Gasteiger partial charge >= 0.3 is 0 Å². The lowest BCUT2D eigenvalue weighted by Gasteiger charge is -2.26. The number of hydrogen-bond acceptors (Lipinski definition) is 4. The van der Waals surface area contributed by atoms with Crippen molar-refractivity contribution < 1.29 is 13.2 Å². The van der Waals surface area contributed by atoms with Gasteiger partial charge in [-0.05, 0) is 43.7 Å². The van der Waals surface area contributed by atoms with Crippen molar-refractivity contribution >= 4 is 26.0 Å². The molecule has 0 saturated carbocycles. The fraction of sp³-hybridized carbons (Fsp3) is 0.312. The number of sulfonamides is 1. The standard InChI is InChI=1S/C16H19BrN2O3S/c1-12(2)19(11-13-5-4-8-18-10-13)23(20,21)16-9-14(17)6-7-15(16)22-3/h4-10,12H,11H2,1-3H3. The molecule has 0 fully saturated rings. The molecule has 23 heavy (non-hydrogen) atoms. The van der Waals surface area contributed by atoms with Crippen LogP contribution in [0.15, 0.2) is 52.1 Å². The van der Waals surface area contributed by atoms with Crippen LogP contribution in [0.4, 0.5) is 0 Å². The molecule has 0 amide bonds. The average molecular weight is 399 g/mol. The van der Waals surface area contributed by atoms with Gasteiger partial charge in [-0.15, -0.1) is 0 Å². The Morgan fingerprint density at radius 3 is 2.61 bits per heavy atom. The summed E-state index contributed by atoms with van der Waals surface area (Å²) in [5.41, 5.74) is 0.832. The summed E-state index contributed by atoms with van der Waals surface area (Å²) < 4.78 is 33.6. The van der Waals surface area contributed by atoms with Crippen LogP contribution >= 0.6 is 15.9 Å². The third-order valence-electron chi connectivity index (χ3n) is 3.35. The van der Waals surface area contributed by atoms with Gasteiger partial charge in [0.25, 0.3) is 0 Å². The van der Waals surface area contributed by atoms with Crippen molar-refractivity contribution in [2.75, 3.05) is 7.11 Å². The molecule has 0 aliphatic heterocycles. The Bertz CT molecular complexity index is 764. The van der Waals surface area contributed by atoms with Crippen LogP contribution in [0.1, 0.15) is 19.4 Å². The molecule has 0 aliphatic rings. The molecule has 0 spiro atoms. The van der Waals surface area contributed by atoms with Crippen LogP contribution < -0.4 is 4.74 Å². The highest BCUT2D eigenvalue weighted by atomic mass is 79.9. The van der Waals surface area contributed by atoms with Gasteiger partial charge < -0.3 is 4.74 Å². The maximum absolute atomic E-state index is 13.1. The van der Waals surface area contributed by atoms with Crippen molar-refractivity contribution in [3.8, 4) is 5.75 Å². The predicted octanol–water partition coefficient (Wildman–Crippen LogP) is 3.45. The molecule has 0 radical (unpaired) electrons. The molecule has 0 N–H and O–H groups in total. The van der Waals surface area contributed by atoms with Crippen molar-refractivity contribution in [3.05, 3.63) is 52.8 Å². The van der Waals surface area contributed by atoms with E-state index in [1.807, 2.05) is 19.9 Å². The van der Waals surface area contributed by atoms with Gasteiger partial charge in [0.2, 0.25) is 10.0 Å². The Hall–Kier alpha value is -1.44. The Balaban J connectivity index is 2.47. The summed E-state index contributed by atoms with van der Waals surface area (Å²) in [4.78, 5) is 4.19. The van der Waals surface area contributed by atoms with E-state index < -0.39 is 10.0 Å². The number of hydrogen-bond donors (Lipinski definition) is 0. The first-order valence-corrected chi connectivity index (χ1v) is 9.34. The maximum Gasteiger partial charge on any atom is 0.247 e. The molecule has 124 valence electrons. The Morgan fingerprint density at radius 1 is 1.30 bits per heavy atom. The van der Waals surface area contributed by atoms with Crippen molar-refractivity contribution in [1.82, 2.24) is 9.29 Å². The first kappa shape index (κ1) is 17.9. The summed E-state index contributed by atoms with van der Waals surface area (Å²) in [5.74, 6) is 0.324. The second-order valence-electron chi connectivity index (χ2n) is 5.30. The van der Waals surface area contributed by atoms with E-state index in [9.17, 15) is 8.42 Å². The Morgan fingerprint density at radius 2 is 2.04 bits per heavy atom. The second kappa shape index (κ2) is 7.42. The quantitative estimate of drug-likeness (QED) is 0.747. The molecule has 2 rings (SSSR count). The number of ether oxygens (including phenoxy) is 1. The molecule has 1 aromatic heterocycles. The molecular weight excluding hydrogens is 380 g/mol. The molecule has 0 atom stereocenters. The zero-order chi connectivity index (χ0) is 17.0. The zero-order valence-electron chi connectivity index (χ0n) is 13.2. The Labute approximate surface area is 145 Å². The second-order valence-corrected chi connectivity index (χ2v) is 8.08. The van der Waals surface area contributed by atoms with Crippen LogP contribution in [0, 0.1) is 0 Å². The highest BCUT2D eigenvalue weighted by Crippen LogP contribution is 2.31. The van der Waals surface area contributed by atoms with Crippen molar-refractivity contribution in [2.45, 2.75) is 31.3 Å². The lowest BCUT2D eigenvalue weighted by Crippen LogP contribution is -2.36. The lowest BCUT2D eigenvalue weighted by atomic mass is 10.2. The topological polar surface area (TPSA) is 59.5 Å². The smallest absolute Gasteiger partial charge is 0.247 e. The van der Waals surface area contributed by atoms with Crippen LogP contribution in [0.5, 0.6) is 5.75 Å². The van der Waals surface area contributed by atoms with E-state index in [1.165, 1.54) is 11.4 Å². The number of pyridine rings is 1. The van der Waals surface area contributed by atoms with Gasteiger partial charge in [0.15, 0.2) is 0 Å². The SMILES string of the molecule is COc1ccc(Br)cc1S(=O)(=O)N(Cc1cccnc1)C(C)C. The summed E-state index contributed by atoms with van der Waals surface area (Å²) in [5, 5.41) is 0. The summed E-state index contributed by atoms with van der Waals surface area (Å²) in [6.45, 7) is 3.94. The van der Waals surface area contributed by atoms with Crippen molar-refractivity contribution in [2.24, 2.45) is 0 Å². The van der Waals surface area contributed by atoms with Crippen LogP contribution in [0.25, 0.3) is 0 Å². The first-order chi connectivity index (χ1) is 10.9. The average Bonchev–Trinajstić information content (AvgIpc) is 2.53. The van der Waals surface area contributed by atoms with Gasteiger partial charge in [-0.1, -0.05) is 22.0 Å². The third-order valence-corrected chi connectivity index (χ3v) is 5.89. The molecule has 0 unspecified atom stereocenters. The maximum atomic E-state index is 13.1. The van der Waals surface area contributed by atoms with E-state index in [0.717, 1.165) is 5.56 Å². The summed E-state index contributed by atoms with van der Waals surface area (Å²) in [6.07, 6.45) is 3.33. The Kier molecular flexibility index (Phi) is 5.78. The van der Waals surface area contributed by atoms with Crippen molar-refractivity contribution in [1.29, 1.82) is 0 Å². The molecule has 2 aromatic rings. The number of methoxy groups -OCH3 is 1. The van der Waals surface area contributed by atoms with Crippen LogP contribution in [0.3, 0.4) is 0 Å². The fourth-order valence-electron chi connectivity index (χ4n) is 2.20. The van der Waals surface area contributed by atoms with E-state index in [-0.39, 0.29) is 17.5 Å². The minimum absolute atomic E-state index is 0.145. The van der Waals surface area contributed by atoms with Crippen LogP contribution in [-0.4, -0.2) is 30.9 Å². The molecular formula is C16H19BrN2O3S. The van der Waals surface area contributed by atoms with Gasteiger partial charge in [-0.2, -0.15) is 4.31 Å². The molecule has 7 heteroatoms. The fourth-order valence-corrected chi connectivity index (χ4v) is 4.52. The highest BCUT2D eigenvalue weighted by Gasteiger charge is 2.30. The molecule has 5 nitrogen and oxygen atoms in total. The number of aromatic nitrogens is 1. The predicted molar refractivity (Wildman–Crippen MR) is 92.8 cm³/mol. The number of nitrogens with zero attached hydrogens (tertiary/aromatic N) is 2. The van der Waals surface area contributed by atoms with Crippen LogP contribution in [-0.2, 0) is 16.6 Å². The summed E-state index contributed by atoms with van der Waals surface area (Å²) in [7, 11) is -2.25. The van der Waals surface area contributed by atoms with Gasteiger partial charge in [-0.25, -0.2) is 8.42 Å². The van der Waals surface area contributed by atoms with E-state index in [2.05, 4.69) is 20.9 Å². The molecule has 1 heterocycles. The lowest BCUT2D eigenvalue weighted by molar-refractivity contribution is 0.343. The largest absolute Gasteiger partial charge is 0.495 e. The van der Waals surface area contributed by atoms with E-state index >= 15 is 0 Å².